The molecule has 0 fully saturated rings. The van der Waals surface area contributed by atoms with Crippen molar-refractivity contribution in [1.82, 2.24) is 9.59 Å². The van der Waals surface area contributed by atoms with Crippen LogP contribution in [0.3, 0.4) is 0 Å². The number of ketones is 1. The Bertz CT molecular complexity index is 550. The summed E-state index contributed by atoms with van der Waals surface area (Å²) in [5.74, 6) is -0.448. The van der Waals surface area contributed by atoms with Crippen molar-refractivity contribution in [3.63, 3.8) is 0 Å². The maximum atomic E-state index is 13.1. The first-order valence-corrected chi connectivity index (χ1v) is 6.40. The van der Waals surface area contributed by atoms with Crippen LogP contribution in [-0.4, -0.2) is 15.4 Å². The van der Waals surface area contributed by atoms with Gasteiger partial charge in [0.15, 0.2) is 5.78 Å². The van der Waals surface area contributed by atoms with Gasteiger partial charge in [-0.25, -0.2) is 4.39 Å². The van der Waals surface area contributed by atoms with Crippen molar-refractivity contribution >= 4 is 33.2 Å². The number of hydrogen-bond donors (Lipinski definition) is 0. The zero-order valence-electron chi connectivity index (χ0n) is 8.91. The van der Waals surface area contributed by atoms with E-state index in [2.05, 4.69) is 25.5 Å². The number of nitrogens with zero attached hydrogens (tertiary/aromatic N) is 2. The number of halogens is 2. The van der Waals surface area contributed by atoms with Crippen molar-refractivity contribution in [2.24, 2.45) is 0 Å². The van der Waals surface area contributed by atoms with Crippen molar-refractivity contribution in [3.05, 3.63) is 44.6 Å². The number of Topliss-reactive ketones (excluding diaryl/α,β-unsaturated/α-hetero) is 1. The van der Waals surface area contributed by atoms with Crippen LogP contribution in [0, 0.1) is 12.7 Å². The third kappa shape index (κ3) is 2.95. The van der Waals surface area contributed by atoms with Gasteiger partial charge >= 0.3 is 0 Å². The summed E-state index contributed by atoms with van der Waals surface area (Å²) in [6.07, 6.45) is 0.154. The summed E-state index contributed by atoms with van der Waals surface area (Å²) < 4.78 is 17.5. The SMILES string of the molecule is Cc1nnsc1C(=O)Cc1cc(F)cc(Br)c1. The molecule has 0 N–H and O–H groups in total. The van der Waals surface area contributed by atoms with Gasteiger partial charge in [0, 0.05) is 10.9 Å². The Labute approximate surface area is 110 Å². The van der Waals surface area contributed by atoms with E-state index in [0.717, 1.165) is 11.5 Å². The maximum Gasteiger partial charge on any atom is 0.180 e. The summed E-state index contributed by atoms with van der Waals surface area (Å²) in [6, 6.07) is 4.44. The zero-order chi connectivity index (χ0) is 12.4. The van der Waals surface area contributed by atoms with Gasteiger partial charge < -0.3 is 0 Å². The van der Waals surface area contributed by atoms with Crippen LogP contribution < -0.4 is 0 Å². The molecule has 0 aliphatic heterocycles. The molecule has 1 aromatic heterocycles. The average molecular weight is 315 g/mol. The van der Waals surface area contributed by atoms with Crippen LogP contribution >= 0.6 is 27.5 Å². The number of aryl methyl sites for hydroxylation is 1. The lowest BCUT2D eigenvalue weighted by Crippen LogP contribution is -2.03. The molecule has 1 aromatic carbocycles. The van der Waals surface area contributed by atoms with Gasteiger partial charge in [-0.3, -0.25) is 4.79 Å². The molecule has 1 heterocycles. The van der Waals surface area contributed by atoms with Gasteiger partial charge in [-0.05, 0) is 42.2 Å². The molecular formula is C11H8BrFN2OS. The Balaban J connectivity index is 2.21. The number of carbonyl (C=O) groups excluding carboxylic acids is 1. The first kappa shape index (κ1) is 12.3. The molecule has 0 saturated carbocycles. The number of carbonyl (C=O) groups is 1. The highest BCUT2D eigenvalue weighted by Crippen LogP contribution is 2.18. The van der Waals surface area contributed by atoms with Gasteiger partial charge in [-0.1, -0.05) is 20.4 Å². The van der Waals surface area contributed by atoms with E-state index in [1.54, 1.807) is 13.0 Å². The molecule has 0 unspecified atom stereocenters. The van der Waals surface area contributed by atoms with E-state index in [-0.39, 0.29) is 18.0 Å². The summed E-state index contributed by atoms with van der Waals surface area (Å²) >= 11 is 4.26. The Kier molecular flexibility index (Phi) is 3.63. The Morgan fingerprint density at radius 3 is 2.82 bits per heavy atom. The second kappa shape index (κ2) is 5.01. The second-order valence-electron chi connectivity index (χ2n) is 3.57. The molecule has 17 heavy (non-hydrogen) atoms. The first-order chi connectivity index (χ1) is 8.06. The van der Waals surface area contributed by atoms with Crippen LogP contribution in [0.15, 0.2) is 22.7 Å². The molecule has 2 aromatic rings. The number of aromatic nitrogens is 2. The molecule has 0 atom stereocenters. The van der Waals surface area contributed by atoms with Gasteiger partial charge in [0.1, 0.15) is 10.7 Å². The van der Waals surface area contributed by atoms with Gasteiger partial charge in [0.05, 0.1) is 5.69 Å². The van der Waals surface area contributed by atoms with Crippen LogP contribution in [0.5, 0.6) is 0 Å². The van der Waals surface area contributed by atoms with Gasteiger partial charge in [0.25, 0.3) is 0 Å². The fourth-order valence-corrected chi connectivity index (χ4v) is 2.57. The van der Waals surface area contributed by atoms with Crippen molar-refractivity contribution in [2.75, 3.05) is 0 Å². The molecule has 0 radical (unpaired) electrons. The van der Waals surface area contributed by atoms with Crippen LogP contribution in [0.1, 0.15) is 20.9 Å². The van der Waals surface area contributed by atoms with Crippen LogP contribution in [0.2, 0.25) is 0 Å². The molecule has 0 aliphatic carbocycles. The second-order valence-corrected chi connectivity index (χ2v) is 5.23. The fourth-order valence-electron chi connectivity index (χ4n) is 1.47. The molecule has 88 valence electrons. The average Bonchev–Trinajstić information content (AvgIpc) is 2.62. The maximum absolute atomic E-state index is 13.1. The molecule has 3 nitrogen and oxygen atoms in total. The minimum Gasteiger partial charge on any atom is -0.293 e. The summed E-state index contributed by atoms with van der Waals surface area (Å²) in [5, 5.41) is 3.78. The van der Waals surface area contributed by atoms with Gasteiger partial charge in [0.2, 0.25) is 0 Å². The van der Waals surface area contributed by atoms with Crippen molar-refractivity contribution in [1.29, 1.82) is 0 Å². The van der Waals surface area contributed by atoms with Gasteiger partial charge in [-0.15, -0.1) is 5.10 Å². The number of hydrogen-bond acceptors (Lipinski definition) is 4. The predicted molar refractivity (Wildman–Crippen MR) is 66.8 cm³/mol. The number of rotatable bonds is 3. The minimum atomic E-state index is -0.360. The van der Waals surface area contributed by atoms with Crippen LogP contribution in [0.4, 0.5) is 4.39 Å². The van der Waals surface area contributed by atoms with E-state index in [9.17, 15) is 9.18 Å². The highest BCUT2D eigenvalue weighted by Gasteiger charge is 2.14. The van der Waals surface area contributed by atoms with Crippen molar-refractivity contribution in [3.8, 4) is 0 Å². The minimum absolute atomic E-state index is 0.0880. The lowest BCUT2D eigenvalue weighted by Gasteiger charge is -2.01. The topological polar surface area (TPSA) is 42.9 Å². The third-order valence-corrected chi connectivity index (χ3v) is 3.52. The largest absolute Gasteiger partial charge is 0.293 e. The van der Waals surface area contributed by atoms with E-state index in [4.69, 9.17) is 0 Å². The van der Waals surface area contributed by atoms with Crippen molar-refractivity contribution in [2.45, 2.75) is 13.3 Å². The normalized spacial score (nSPS) is 10.5. The highest BCUT2D eigenvalue weighted by atomic mass is 79.9. The lowest BCUT2D eigenvalue weighted by atomic mass is 10.1. The van der Waals surface area contributed by atoms with E-state index < -0.39 is 0 Å². The summed E-state index contributed by atoms with van der Waals surface area (Å²) in [4.78, 5) is 12.4. The van der Waals surface area contributed by atoms with Crippen molar-refractivity contribution < 1.29 is 9.18 Å². The van der Waals surface area contributed by atoms with E-state index in [1.165, 1.54) is 12.1 Å². The van der Waals surface area contributed by atoms with Crippen LogP contribution in [0.25, 0.3) is 0 Å². The molecule has 0 saturated heterocycles. The summed E-state index contributed by atoms with van der Waals surface area (Å²) in [7, 11) is 0. The smallest absolute Gasteiger partial charge is 0.180 e. The molecule has 6 heteroatoms. The molecule has 0 bridgehead atoms. The third-order valence-electron chi connectivity index (χ3n) is 2.19. The Morgan fingerprint density at radius 2 is 2.24 bits per heavy atom. The summed E-state index contributed by atoms with van der Waals surface area (Å²) in [6.45, 7) is 1.73. The molecule has 0 spiro atoms. The fraction of sp³-hybridized carbons (Fsp3) is 0.182. The highest BCUT2D eigenvalue weighted by molar-refractivity contribution is 9.10. The first-order valence-electron chi connectivity index (χ1n) is 4.83. The molecule has 2 rings (SSSR count). The quantitative estimate of drug-likeness (QED) is 0.817. The monoisotopic (exact) mass is 314 g/mol. The molecular weight excluding hydrogens is 307 g/mol. The van der Waals surface area contributed by atoms with Crippen LogP contribution in [-0.2, 0) is 6.42 Å². The van der Waals surface area contributed by atoms with E-state index in [0.29, 0.717) is 20.6 Å². The Hall–Kier alpha value is -1.14. The lowest BCUT2D eigenvalue weighted by molar-refractivity contribution is 0.0996. The molecule has 0 aliphatic rings. The number of benzene rings is 1. The Morgan fingerprint density at radius 1 is 1.47 bits per heavy atom. The zero-order valence-corrected chi connectivity index (χ0v) is 11.3. The van der Waals surface area contributed by atoms with E-state index >= 15 is 0 Å². The predicted octanol–water partition coefficient (Wildman–Crippen LogP) is 3.17. The standard InChI is InChI=1S/C11H8BrFN2OS/c1-6-11(17-15-14-6)10(16)4-7-2-8(12)5-9(13)3-7/h2-3,5H,4H2,1H3. The van der Waals surface area contributed by atoms with E-state index in [1.807, 2.05) is 0 Å². The van der Waals surface area contributed by atoms with Gasteiger partial charge in [-0.2, -0.15) is 0 Å². The summed E-state index contributed by atoms with van der Waals surface area (Å²) in [5.41, 5.74) is 1.25. The molecule has 0 amide bonds.